The fourth-order valence-corrected chi connectivity index (χ4v) is 3.21. The SMILES string of the molecule is Cc1c(CCC(=O)O)ccc(OCC2=C(c3ccccc3)COC2)c1C. The number of ether oxygens (including phenoxy) is 2. The summed E-state index contributed by atoms with van der Waals surface area (Å²) in [5.41, 5.74) is 6.78. The predicted molar refractivity (Wildman–Crippen MR) is 102 cm³/mol. The zero-order valence-electron chi connectivity index (χ0n) is 15.2. The first kappa shape index (κ1) is 18.2. The fourth-order valence-electron chi connectivity index (χ4n) is 3.21. The van der Waals surface area contributed by atoms with Crippen LogP contribution in [0.15, 0.2) is 48.0 Å². The monoisotopic (exact) mass is 352 g/mol. The van der Waals surface area contributed by atoms with Crippen molar-refractivity contribution in [2.75, 3.05) is 19.8 Å². The van der Waals surface area contributed by atoms with Gasteiger partial charge >= 0.3 is 5.97 Å². The number of benzene rings is 2. The second-order valence-corrected chi connectivity index (χ2v) is 6.60. The van der Waals surface area contributed by atoms with Gasteiger partial charge in [0.2, 0.25) is 0 Å². The third-order valence-corrected chi connectivity index (χ3v) is 4.93. The van der Waals surface area contributed by atoms with Gasteiger partial charge in [0.1, 0.15) is 12.4 Å². The number of hydrogen-bond donors (Lipinski definition) is 1. The Morgan fingerprint density at radius 1 is 1.08 bits per heavy atom. The number of rotatable bonds is 7. The fraction of sp³-hybridized carbons (Fsp3) is 0.318. The molecule has 0 fully saturated rings. The minimum absolute atomic E-state index is 0.144. The van der Waals surface area contributed by atoms with Gasteiger partial charge in [0.05, 0.1) is 13.2 Å². The molecule has 0 aliphatic carbocycles. The van der Waals surface area contributed by atoms with Gasteiger partial charge < -0.3 is 14.6 Å². The van der Waals surface area contributed by atoms with E-state index in [1.807, 2.05) is 44.2 Å². The number of aryl methyl sites for hydroxylation is 1. The number of carboxylic acid groups (broad SMARTS) is 1. The Morgan fingerprint density at radius 2 is 1.85 bits per heavy atom. The summed E-state index contributed by atoms with van der Waals surface area (Å²) in [6.45, 7) is 5.76. The van der Waals surface area contributed by atoms with Gasteiger partial charge in [-0.2, -0.15) is 0 Å². The van der Waals surface area contributed by atoms with Crippen LogP contribution in [0.4, 0.5) is 0 Å². The van der Waals surface area contributed by atoms with Crippen LogP contribution in [0.25, 0.3) is 5.57 Å². The molecule has 1 aliphatic heterocycles. The molecule has 26 heavy (non-hydrogen) atoms. The van der Waals surface area contributed by atoms with E-state index in [0.29, 0.717) is 26.2 Å². The Morgan fingerprint density at radius 3 is 2.58 bits per heavy atom. The number of aliphatic carboxylic acids is 1. The molecular weight excluding hydrogens is 328 g/mol. The van der Waals surface area contributed by atoms with E-state index in [2.05, 4.69) is 12.1 Å². The van der Waals surface area contributed by atoms with E-state index in [-0.39, 0.29) is 6.42 Å². The van der Waals surface area contributed by atoms with Crippen LogP contribution >= 0.6 is 0 Å². The van der Waals surface area contributed by atoms with Crippen molar-refractivity contribution in [1.82, 2.24) is 0 Å². The highest BCUT2D eigenvalue weighted by molar-refractivity contribution is 5.71. The smallest absolute Gasteiger partial charge is 0.303 e. The molecule has 2 aromatic carbocycles. The highest BCUT2D eigenvalue weighted by atomic mass is 16.5. The zero-order chi connectivity index (χ0) is 18.5. The summed E-state index contributed by atoms with van der Waals surface area (Å²) in [7, 11) is 0. The molecule has 0 saturated heterocycles. The molecule has 0 saturated carbocycles. The van der Waals surface area contributed by atoms with Crippen LogP contribution in [-0.4, -0.2) is 30.9 Å². The molecule has 1 heterocycles. The maximum Gasteiger partial charge on any atom is 0.303 e. The molecular formula is C22H24O4. The van der Waals surface area contributed by atoms with E-state index in [1.54, 1.807) is 0 Å². The second-order valence-electron chi connectivity index (χ2n) is 6.60. The van der Waals surface area contributed by atoms with E-state index in [4.69, 9.17) is 14.6 Å². The molecule has 0 unspecified atom stereocenters. The van der Waals surface area contributed by atoms with Crippen molar-refractivity contribution in [2.45, 2.75) is 26.7 Å². The maximum atomic E-state index is 10.8. The highest BCUT2D eigenvalue weighted by Crippen LogP contribution is 2.28. The highest BCUT2D eigenvalue weighted by Gasteiger charge is 2.18. The molecule has 0 bridgehead atoms. The molecule has 136 valence electrons. The third-order valence-electron chi connectivity index (χ3n) is 4.93. The first-order valence-electron chi connectivity index (χ1n) is 8.84. The predicted octanol–water partition coefficient (Wildman–Crippen LogP) is 4.18. The molecule has 1 N–H and O–H groups in total. The third kappa shape index (κ3) is 4.14. The quantitative estimate of drug-likeness (QED) is 0.812. The summed E-state index contributed by atoms with van der Waals surface area (Å²) >= 11 is 0. The minimum Gasteiger partial charge on any atom is -0.489 e. The summed E-state index contributed by atoms with van der Waals surface area (Å²) in [5.74, 6) is 0.0670. The second kappa shape index (κ2) is 8.19. The molecule has 1 aliphatic rings. The first-order chi connectivity index (χ1) is 12.6. The van der Waals surface area contributed by atoms with Crippen LogP contribution < -0.4 is 4.74 Å². The lowest BCUT2D eigenvalue weighted by atomic mass is 9.99. The number of carbonyl (C=O) groups is 1. The number of carboxylic acids is 1. The Bertz CT molecular complexity index is 822. The molecule has 4 heteroatoms. The maximum absolute atomic E-state index is 10.8. The van der Waals surface area contributed by atoms with E-state index in [1.165, 1.54) is 16.7 Å². The van der Waals surface area contributed by atoms with Crippen LogP contribution in [-0.2, 0) is 16.0 Å². The lowest BCUT2D eigenvalue weighted by molar-refractivity contribution is -0.136. The van der Waals surface area contributed by atoms with Crippen LogP contribution in [0, 0.1) is 13.8 Å². The van der Waals surface area contributed by atoms with Gasteiger partial charge in [0.25, 0.3) is 0 Å². The molecule has 2 aromatic rings. The van der Waals surface area contributed by atoms with Gasteiger partial charge in [-0.05, 0) is 59.7 Å². The van der Waals surface area contributed by atoms with Crippen molar-refractivity contribution in [3.05, 3.63) is 70.3 Å². The van der Waals surface area contributed by atoms with E-state index in [9.17, 15) is 4.79 Å². The molecule has 0 atom stereocenters. The molecule has 3 rings (SSSR count). The summed E-state index contributed by atoms with van der Waals surface area (Å²) in [5, 5.41) is 8.87. The van der Waals surface area contributed by atoms with Crippen LogP contribution in [0.5, 0.6) is 5.75 Å². The van der Waals surface area contributed by atoms with Crippen molar-refractivity contribution in [3.63, 3.8) is 0 Å². The van der Waals surface area contributed by atoms with Gasteiger partial charge in [-0.3, -0.25) is 4.79 Å². The Hall–Kier alpha value is -2.59. The summed E-state index contributed by atoms with van der Waals surface area (Å²) < 4.78 is 11.7. The van der Waals surface area contributed by atoms with Gasteiger partial charge in [-0.15, -0.1) is 0 Å². The minimum atomic E-state index is -0.774. The van der Waals surface area contributed by atoms with Gasteiger partial charge in [0, 0.05) is 6.42 Å². The Balaban J connectivity index is 1.73. The van der Waals surface area contributed by atoms with E-state index < -0.39 is 5.97 Å². The Kier molecular flexibility index (Phi) is 5.74. The number of hydrogen-bond acceptors (Lipinski definition) is 3. The van der Waals surface area contributed by atoms with E-state index >= 15 is 0 Å². The Labute approximate surface area is 154 Å². The zero-order valence-corrected chi connectivity index (χ0v) is 15.2. The molecule has 0 spiro atoms. The van der Waals surface area contributed by atoms with Gasteiger partial charge in [-0.1, -0.05) is 36.4 Å². The van der Waals surface area contributed by atoms with Gasteiger partial charge in [0.15, 0.2) is 0 Å². The largest absolute Gasteiger partial charge is 0.489 e. The van der Waals surface area contributed by atoms with Crippen molar-refractivity contribution < 1.29 is 19.4 Å². The topological polar surface area (TPSA) is 55.8 Å². The lowest BCUT2D eigenvalue weighted by Crippen LogP contribution is -2.07. The molecule has 0 radical (unpaired) electrons. The van der Waals surface area contributed by atoms with Crippen LogP contribution in [0.2, 0.25) is 0 Å². The average Bonchev–Trinajstić information content (AvgIpc) is 3.11. The van der Waals surface area contributed by atoms with Gasteiger partial charge in [-0.25, -0.2) is 0 Å². The van der Waals surface area contributed by atoms with Crippen molar-refractivity contribution >= 4 is 11.5 Å². The van der Waals surface area contributed by atoms with Crippen molar-refractivity contribution in [3.8, 4) is 5.75 Å². The summed E-state index contributed by atoms with van der Waals surface area (Å²) in [4.78, 5) is 10.8. The molecule has 4 nitrogen and oxygen atoms in total. The van der Waals surface area contributed by atoms with Crippen LogP contribution in [0.3, 0.4) is 0 Å². The first-order valence-corrected chi connectivity index (χ1v) is 8.84. The summed E-state index contributed by atoms with van der Waals surface area (Å²) in [6.07, 6.45) is 0.685. The van der Waals surface area contributed by atoms with E-state index in [0.717, 1.165) is 22.4 Å². The summed E-state index contributed by atoms with van der Waals surface area (Å²) in [6, 6.07) is 14.2. The van der Waals surface area contributed by atoms with Crippen molar-refractivity contribution in [2.24, 2.45) is 0 Å². The van der Waals surface area contributed by atoms with Crippen LogP contribution in [0.1, 0.15) is 28.7 Å². The lowest BCUT2D eigenvalue weighted by Gasteiger charge is -2.15. The average molecular weight is 352 g/mol. The standard InChI is InChI=1S/C22H24O4/c1-15-16(2)21(10-8-17(15)9-11-22(23)24)26-13-19-12-25-14-20(19)18-6-4-3-5-7-18/h3-8,10H,9,11-14H2,1-2H3,(H,23,24). The van der Waals surface area contributed by atoms with Crippen molar-refractivity contribution in [1.29, 1.82) is 0 Å². The molecule has 0 amide bonds. The molecule has 0 aromatic heterocycles. The normalized spacial score (nSPS) is 13.9.